The highest BCUT2D eigenvalue weighted by Crippen LogP contribution is 2.74. The molecule has 1 aromatic carbocycles. The molecule has 294 valence electrons. The summed E-state index contributed by atoms with van der Waals surface area (Å²) >= 11 is 0. The maximum Gasteiger partial charge on any atom is 0.160 e. The first-order valence-corrected chi connectivity index (χ1v) is 20.1. The van der Waals surface area contributed by atoms with Crippen LogP contribution in [0.4, 0.5) is 0 Å². The van der Waals surface area contributed by atoms with Crippen LogP contribution in [0.5, 0.6) is 11.5 Å². The average molecular weight is 741 g/mol. The Balaban J connectivity index is 1.23. The number of aromatic hydroxyl groups is 2. The maximum atomic E-state index is 14.9. The molecule has 1 saturated heterocycles. The molecule has 0 aromatic heterocycles. The van der Waals surface area contributed by atoms with Crippen molar-refractivity contribution in [2.45, 2.75) is 145 Å². The number of carbonyl (C=O) groups excluding carboxylic acids is 1. The Morgan fingerprint density at radius 2 is 1.72 bits per heavy atom. The number of hydrogen-bond acceptors (Lipinski definition) is 11. The highest BCUT2D eigenvalue weighted by atomic mass is 16.6. The van der Waals surface area contributed by atoms with E-state index in [9.17, 15) is 45.6 Å². The molecule has 4 saturated carbocycles. The summed E-state index contributed by atoms with van der Waals surface area (Å²) in [6.07, 6.45) is 3.80. The number of ether oxygens (including phenoxy) is 2. The maximum absolute atomic E-state index is 14.9. The van der Waals surface area contributed by atoms with Gasteiger partial charge in [0.25, 0.3) is 0 Å². The molecule has 1 aromatic rings. The van der Waals surface area contributed by atoms with Gasteiger partial charge in [-0.05, 0) is 97.0 Å². The van der Waals surface area contributed by atoms with E-state index in [0.29, 0.717) is 55.2 Å². The molecule has 1 spiro atoms. The van der Waals surface area contributed by atoms with Crippen LogP contribution in [0, 0.1) is 40.4 Å². The molecule has 6 aliphatic carbocycles. The number of carbonyl (C=O) groups is 1. The Labute approximate surface area is 312 Å². The number of phenolic OH excluding ortho intramolecular Hbond substituents is 2. The molecule has 5 fully saturated rings. The minimum Gasteiger partial charge on any atom is -0.508 e. The summed E-state index contributed by atoms with van der Waals surface area (Å²) in [6.45, 7) is 7.95. The van der Waals surface area contributed by atoms with Gasteiger partial charge in [-0.15, -0.1) is 0 Å². The van der Waals surface area contributed by atoms with Gasteiger partial charge in [0.2, 0.25) is 0 Å². The largest absolute Gasteiger partial charge is 0.508 e. The molecule has 1 aliphatic heterocycles. The van der Waals surface area contributed by atoms with Gasteiger partial charge in [0.1, 0.15) is 22.7 Å². The van der Waals surface area contributed by atoms with Crippen molar-refractivity contribution >= 4 is 5.78 Å². The van der Waals surface area contributed by atoms with Gasteiger partial charge in [0, 0.05) is 61.9 Å². The third-order valence-electron chi connectivity index (χ3n) is 16.6. The Hall–Kier alpha value is -2.09. The lowest BCUT2D eigenvalue weighted by molar-refractivity contribution is -0.235. The molecule has 0 radical (unpaired) electrons. The van der Waals surface area contributed by atoms with Crippen LogP contribution in [0.25, 0.3) is 0 Å². The molecule has 8 rings (SSSR count). The Bertz CT molecular complexity index is 1680. The van der Waals surface area contributed by atoms with E-state index < -0.39 is 69.3 Å². The molecule has 0 unspecified atom stereocenters. The Morgan fingerprint density at radius 3 is 2.43 bits per heavy atom. The summed E-state index contributed by atoms with van der Waals surface area (Å²) in [7, 11) is 0. The van der Waals surface area contributed by atoms with E-state index in [4.69, 9.17) is 9.47 Å². The van der Waals surface area contributed by atoms with Crippen molar-refractivity contribution in [3.8, 4) is 11.5 Å². The highest BCUT2D eigenvalue weighted by molar-refractivity contribution is 5.96. The quantitative estimate of drug-likeness (QED) is 0.199. The van der Waals surface area contributed by atoms with Gasteiger partial charge >= 0.3 is 0 Å². The van der Waals surface area contributed by atoms with E-state index in [1.807, 2.05) is 20.8 Å². The lowest BCUT2D eigenvalue weighted by Gasteiger charge is -2.65. The average Bonchev–Trinajstić information content (AvgIpc) is 3.43. The molecule has 7 aliphatic rings. The number of rotatable bonds is 6. The first-order chi connectivity index (χ1) is 25.0. The molecule has 0 amide bonds. The van der Waals surface area contributed by atoms with Crippen LogP contribution in [0.1, 0.15) is 109 Å². The van der Waals surface area contributed by atoms with Gasteiger partial charge < -0.3 is 50.3 Å². The number of fused-ring (bicyclic) bond motifs is 11. The van der Waals surface area contributed by atoms with Crippen LogP contribution in [-0.2, 0) is 20.7 Å². The summed E-state index contributed by atoms with van der Waals surface area (Å²) in [5.74, 6) is -2.90. The number of allylic oxidation sites excluding steroid dienone is 1. The normalized spacial score (nSPS) is 50.0. The predicted molar refractivity (Wildman–Crippen MR) is 193 cm³/mol. The number of aliphatic hydroxyl groups excluding tert-OH is 3. The summed E-state index contributed by atoms with van der Waals surface area (Å²) in [5, 5.41) is 92.6. The fourth-order valence-electron chi connectivity index (χ4n) is 13.9. The van der Waals surface area contributed by atoms with E-state index in [2.05, 4.69) is 6.92 Å². The third-order valence-corrected chi connectivity index (χ3v) is 16.6. The van der Waals surface area contributed by atoms with E-state index in [1.54, 1.807) is 12.1 Å². The number of phenols is 2. The van der Waals surface area contributed by atoms with Gasteiger partial charge in [-0.2, -0.15) is 0 Å². The molecule has 15 atom stereocenters. The number of ketones is 1. The van der Waals surface area contributed by atoms with Crippen molar-refractivity contribution in [2.24, 2.45) is 40.4 Å². The zero-order valence-electron chi connectivity index (χ0n) is 31.6. The second-order valence-corrected chi connectivity index (χ2v) is 18.8. The van der Waals surface area contributed by atoms with Crippen molar-refractivity contribution in [2.75, 3.05) is 19.8 Å². The Kier molecular flexibility index (Phi) is 8.89. The second-order valence-electron chi connectivity index (χ2n) is 18.8. The summed E-state index contributed by atoms with van der Waals surface area (Å²) in [4.78, 5) is 14.9. The lowest BCUT2D eigenvalue weighted by atomic mass is 9.41. The standard InChI is InChI=1S/C42H60O11/c1-22-7-5-10-42(36(48)23(22)2)40(50,13-15-44)35-31(53-42)20-41(51)28-19-30(47)34-33-26-17-24(45)18-29(46)25(26)8-12-39(33,49)32(52-16-6-14-43)21-37(34,3)27(28)9-11-38(35,41)4/h17-19,22-23,27,31-36,43-46,48-51H,5-16,20-21H2,1-4H3/t22-,23+,27+,31+,32+,33-,34-,35+,36+,37-,38-,39+,40-,41-,42+/m1/s1. The molecule has 11 heteroatoms. The van der Waals surface area contributed by atoms with Crippen LogP contribution < -0.4 is 0 Å². The Morgan fingerprint density at radius 1 is 0.962 bits per heavy atom. The number of hydrogen-bond donors (Lipinski definition) is 8. The van der Waals surface area contributed by atoms with Crippen molar-refractivity contribution in [1.29, 1.82) is 0 Å². The van der Waals surface area contributed by atoms with E-state index in [-0.39, 0.29) is 74.1 Å². The fourth-order valence-corrected chi connectivity index (χ4v) is 13.9. The van der Waals surface area contributed by atoms with Crippen molar-refractivity contribution < 1.29 is 55.1 Å². The van der Waals surface area contributed by atoms with Crippen LogP contribution >= 0.6 is 0 Å². The molecular formula is C42H60O11. The van der Waals surface area contributed by atoms with E-state index >= 15 is 0 Å². The van der Waals surface area contributed by atoms with E-state index in [0.717, 1.165) is 12.8 Å². The fraction of sp³-hybridized carbons (Fsp3) is 0.786. The van der Waals surface area contributed by atoms with Gasteiger partial charge in [0.15, 0.2) is 5.78 Å². The molecule has 1 heterocycles. The van der Waals surface area contributed by atoms with Crippen LogP contribution in [0.3, 0.4) is 0 Å². The topological polar surface area (TPSA) is 197 Å². The van der Waals surface area contributed by atoms with Gasteiger partial charge in [-0.25, -0.2) is 0 Å². The highest BCUT2D eigenvalue weighted by Gasteiger charge is 2.80. The van der Waals surface area contributed by atoms with Crippen molar-refractivity contribution in [1.82, 2.24) is 0 Å². The molecule has 11 nitrogen and oxygen atoms in total. The zero-order chi connectivity index (χ0) is 38.1. The van der Waals surface area contributed by atoms with Gasteiger partial charge in [-0.1, -0.05) is 40.5 Å². The van der Waals surface area contributed by atoms with Crippen LogP contribution in [0.2, 0.25) is 0 Å². The van der Waals surface area contributed by atoms with E-state index in [1.165, 1.54) is 6.07 Å². The van der Waals surface area contributed by atoms with Crippen LogP contribution in [-0.4, -0.2) is 107 Å². The monoisotopic (exact) mass is 740 g/mol. The molecule has 0 bridgehead atoms. The third kappa shape index (κ3) is 4.77. The first-order valence-electron chi connectivity index (χ1n) is 20.1. The number of benzene rings is 1. The summed E-state index contributed by atoms with van der Waals surface area (Å²) in [5.41, 5.74) is -6.03. The SMILES string of the molecule is C[C@H]1[C@H](C)CCC[C@]2(O[C@H]3C[C@@]4(O)C5=CC(=O)[C@@H]6[C@H]7c8cc(O)cc(O)c8CC[C@]7(O)[C@@H](OCCCO)C[C@]6(C)[C@H]5CC[C@]4(C)[C@H]3[C@]2(O)CCO)[C@H]1O. The smallest absolute Gasteiger partial charge is 0.160 e. The summed E-state index contributed by atoms with van der Waals surface area (Å²) < 4.78 is 13.4. The van der Waals surface area contributed by atoms with Crippen LogP contribution in [0.15, 0.2) is 23.8 Å². The zero-order valence-corrected chi connectivity index (χ0v) is 31.6. The molecule has 53 heavy (non-hydrogen) atoms. The van der Waals surface area contributed by atoms with Crippen molar-refractivity contribution in [3.05, 3.63) is 34.9 Å². The molecule has 8 N–H and O–H groups in total. The minimum absolute atomic E-state index is 0.00852. The predicted octanol–water partition coefficient (Wildman–Crippen LogP) is 3.40. The minimum atomic E-state index is -1.63. The second kappa shape index (κ2) is 12.5. The first kappa shape index (κ1) is 37.8. The van der Waals surface area contributed by atoms with Crippen molar-refractivity contribution in [3.63, 3.8) is 0 Å². The van der Waals surface area contributed by atoms with Gasteiger partial charge in [0.05, 0.1) is 29.5 Å². The number of aliphatic hydroxyl groups is 6. The lowest BCUT2D eigenvalue weighted by Crippen LogP contribution is -2.69. The molecular weight excluding hydrogens is 680 g/mol. The summed E-state index contributed by atoms with van der Waals surface area (Å²) in [6, 6.07) is 2.84. The van der Waals surface area contributed by atoms with Gasteiger partial charge in [-0.3, -0.25) is 4.79 Å².